The minimum atomic E-state index is -0.420. The van der Waals surface area contributed by atoms with Crippen molar-refractivity contribution in [1.82, 2.24) is 5.32 Å². The molecule has 0 saturated carbocycles. The van der Waals surface area contributed by atoms with Gasteiger partial charge in [0.15, 0.2) is 0 Å². The third-order valence-corrected chi connectivity index (χ3v) is 5.59. The molecule has 1 atom stereocenters. The van der Waals surface area contributed by atoms with Gasteiger partial charge in [0.25, 0.3) is 0 Å². The Morgan fingerprint density at radius 2 is 1.88 bits per heavy atom. The smallest absolute Gasteiger partial charge is 0.307 e. The number of carbonyl (C=O) groups is 2. The van der Waals surface area contributed by atoms with Gasteiger partial charge in [0.05, 0.1) is 30.5 Å². The highest BCUT2D eigenvalue weighted by Gasteiger charge is 2.19. The van der Waals surface area contributed by atoms with Crippen LogP contribution in [0.5, 0.6) is 5.75 Å². The predicted octanol–water partition coefficient (Wildman–Crippen LogP) is 4.26. The van der Waals surface area contributed by atoms with Gasteiger partial charge < -0.3 is 14.8 Å². The number of carbonyl (C=O) groups excluding carboxylic acids is 2. The maximum absolute atomic E-state index is 12.3. The van der Waals surface area contributed by atoms with E-state index in [4.69, 9.17) is 9.47 Å². The molecule has 2 aromatic rings. The number of hydrogen-bond acceptors (Lipinski definition) is 5. The highest BCUT2D eigenvalue weighted by Crippen LogP contribution is 2.24. The van der Waals surface area contributed by atoms with Crippen molar-refractivity contribution in [2.24, 2.45) is 0 Å². The molecular formula is C19H22BrNO4S. The van der Waals surface area contributed by atoms with Crippen molar-refractivity contribution in [2.45, 2.75) is 31.7 Å². The van der Waals surface area contributed by atoms with Gasteiger partial charge in [0, 0.05) is 11.3 Å². The summed E-state index contributed by atoms with van der Waals surface area (Å²) < 4.78 is 11.0. The van der Waals surface area contributed by atoms with Crippen molar-refractivity contribution in [2.75, 3.05) is 14.2 Å². The zero-order valence-corrected chi connectivity index (χ0v) is 17.2. The fraction of sp³-hybridized carbons (Fsp3) is 0.368. The van der Waals surface area contributed by atoms with E-state index in [0.717, 1.165) is 27.9 Å². The third-order valence-electron chi connectivity index (χ3n) is 3.91. The van der Waals surface area contributed by atoms with Crippen LogP contribution in [0.4, 0.5) is 0 Å². The van der Waals surface area contributed by atoms with E-state index in [1.54, 1.807) is 30.6 Å². The molecule has 0 radical (unpaired) electrons. The lowest BCUT2D eigenvalue weighted by Crippen LogP contribution is -2.30. The molecular weight excluding hydrogens is 418 g/mol. The van der Waals surface area contributed by atoms with Crippen LogP contribution in [0.1, 0.15) is 35.7 Å². The minimum Gasteiger partial charge on any atom is -0.497 e. The van der Waals surface area contributed by atoms with Crippen molar-refractivity contribution in [3.63, 3.8) is 0 Å². The van der Waals surface area contributed by atoms with E-state index < -0.39 is 6.04 Å². The van der Waals surface area contributed by atoms with E-state index in [1.165, 1.54) is 12.0 Å². The zero-order chi connectivity index (χ0) is 18.9. The quantitative estimate of drug-likeness (QED) is 0.592. The van der Waals surface area contributed by atoms with Crippen LogP contribution in [-0.4, -0.2) is 26.1 Å². The van der Waals surface area contributed by atoms with E-state index in [-0.39, 0.29) is 18.3 Å². The van der Waals surface area contributed by atoms with Crippen LogP contribution in [-0.2, 0) is 20.7 Å². The molecule has 0 aliphatic carbocycles. The molecule has 1 aromatic heterocycles. The van der Waals surface area contributed by atoms with E-state index in [1.807, 2.05) is 18.2 Å². The molecule has 7 heteroatoms. The molecule has 0 bridgehead atoms. The van der Waals surface area contributed by atoms with Crippen molar-refractivity contribution in [1.29, 1.82) is 0 Å². The Morgan fingerprint density at radius 1 is 1.15 bits per heavy atom. The zero-order valence-electron chi connectivity index (χ0n) is 14.8. The first-order valence-corrected chi connectivity index (χ1v) is 9.87. The Hall–Kier alpha value is -1.86. The molecule has 140 valence electrons. The summed E-state index contributed by atoms with van der Waals surface area (Å²) >= 11 is 5.11. The number of esters is 1. The Bertz CT molecular complexity index is 729. The number of ether oxygens (including phenoxy) is 2. The summed E-state index contributed by atoms with van der Waals surface area (Å²) in [6, 6.07) is 10.9. The molecule has 0 spiro atoms. The molecule has 2 rings (SSSR count). The number of methoxy groups -OCH3 is 2. The first-order valence-electron chi connectivity index (χ1n) is 8.26. The highest BCUT2D eigenvalue weighted by molar-refractivity contribution is 9.11. The van der Waals surface area contributed by atoms with E-state index in [0.29, 0.717) is 6.42 Å². The Morgan fingerprint density at radius 3 is 2.46 bits per heavy atom. The van der Waals surface area contributed by atoms with Crippen molar-refractivity contribution in [3.05, 3.63) is 50.6 Å². The van der Waals surface area contributed by atoms with Gasteiger partial charge in [-0.15, -0.1) is 11.3 Å². The minimum absolute atomic E-state index is 0.0784. The summed E-state index contributed by atoms with van der Waals surface area (Å²) in [7, 11) is 2.93. The van der Waals surface area contributed by atoms with E-state index in [9.17, 15) is 9.59 Å². The number of halogens is 1. The van der Waals surface area contributed by atoms with Gasteiger partial charge in [-0.3, -0.25) is 9.59 Å². The average molecular weight is 440 g/mol. The normalized spacial score (nSPS) is 11.7. The molecule has 26 heavy (non-hydrogen) atoms. The Kier molecular flexibility index (Phi) is 8.12. The number of benzene rings is 1. The third kappa shape index (κ3) is 6.46. The highest BCUT2D eigenvalue weighted by atomic mass is 79.9. The number of hydrogen-bond donors (Lipinski definition) is 1. The molecule has 1 aromatic carbocycles. The van der Waals surface area contributed by atoms with Crippen LogP contribution < -0.4 is 10.1 Å². The number of nitrogens with one attached hydrogen (secondary N) is 1. The summed E-state index contributed by atoms with van der Waals surface area (Å²) in [5.74, 6) is 0.277. The summed E-state index contributed by atoms with van der Waals surface area (Å²) in [5.41, 5.74) is 0.840. The fourth-order valence-electron chi connectivity index (χ4n) is 2.51. The van der Waals surface area contributed by atoms with Crippen LogP contribution >= 0.6 is 27.3 Å². The second-order valence-corrected chi connectivity index (χ2v) is 8.28. The molecule has 0 aliphatic rings. The second kappa shape index (κ2) is 10.3. The molecule has 5 nitrogen and oxygen atoms in total. The number of amides is 1. The van der Waals surface area contributed by atoms with Crippen LogP contribution in [0.15, 0.2) is 40.2 Å². The molecule has 1 unspecified atom stereocenters. The molecule has 0 fully saturated rings. The van der Waals surface area contributed by atoms with Gasteiger partial charge in [-0.2, -0.15) is 0 Å². The molecule has 1 heterocycles. The Balaban J connectivity index is 1.93. The molecule has 0 saturated heterocycles. The lowest BCUT2D eigenvalue weighted by Gasteiger charge is -2.18. The van der Waals surface area contributed by atoms with Gasteiger partial charge in [-0.25, -0.2) is 0 Å². The summed E-state index contributed by atoms with van der Waals surface area (Å²) in [6.07, 6.45) is 2.11. The maximum atomic E-state index is 12.3. The van der Waals surface area contributed by atoms with Gasteiger partial charge in [-0.05, 0) is 58.6 Å². The first-order chi connectivity index (χ1) is 12.5. The monoisotopic (exact) mass is 439 g/mol. The number of aryl methyl sites for hydroxylation is 1. The second-order valence-electron chi connectivity index (χ2n) is 5.73. The number of thiophene rings is 1. The van der Waals surface area contributed by atoms with Crippen molar-refractivity contribution in [3.8, 4) is 5.75 Å². The fourth-order valence-corrected chi connectivity index (χ4v) is 4.04. The average Bonchev–Trinajstić information content (AvgIpc) is 3.06. The number of rotatable bonds is 9. The van der Waals surface area contributed by atoms with Crippen LogP contribution in [0.25, 0.3) is 0 Å². The predicted molar refractivity (Wildman–Crippen MR) is 105 cm³/mol. The summed E-state index contributed by atoms with van der Waals surface area (Å²) in [6.45, 7) is 0. The molecule has 0 aliphatic heterocycles. The summed E-state index contributed by atoms with van der Waals surface area (Å²) in [4.78, 5) is 25.3. The molecule has 1 amide bonds. The SMILES string of the molecule is COC(=O)CC(NC(=O)CCCc1ccc(Br)s1)c1ccc(OC)cc1. The first kappa shape index (κ1) is 20.5. The van der Waals surface area contributed by atoms with Gasteiger partial charge in [-0.1, -0.05) is 12.1 Å². The van der Waals surface area contributed by atoms with Gasteiger partial charge in [0.1, 0.15) is 5.75 Å². The van der Waals surface area contributed by atoms with Crippen LogP contribution in [0.2, 0.25) is 0 Å². The Labute approximate surface area is 165 Å². The van der Waals surface area contributed by atoms with Gasteiger partial charge in [0.2, 0.25) is 5.91 Å². The van der Waals surface area contributed by atoms with Crippen LogP contribution in [0.3, 0.4) is 0 Å². The van der Waals surface area contributed by atoms with Crippen molar-refractivity contribution >= 4 is 39.1 Å². The van der Waals surface area contributed by atoms with Gasteiger partial charge >= 0.3 is 5.97 Å². The standard InChI is InChI=1S/C19H22BrNO4S/c1-24-14-8-6-13(7-9-14)16(12-19(23)25-2)21-18(22)5-3-4-15-10-11-17(20)26-15/h6-11,16H,3-5,12H2,1-2H3,(H,21,22). The van der Waals surface area contributed by atoms with Crippen LogP contribution in [0, 0.1) is 0 Å². The van der Waals surface area contributed by atoms with E-state index in [2.05, 4.69) is 27.3 Å². The lowest BCUT2D eigenvalue weighted by atomic mass is 10.0. The molecule has 1 N–H and O–H groups in total. The van der Waals surface area contributed by atoms with Crippen molar-refractivity contribution < 1.29 is 19.1 Å². The topological polar surface area (TPSA) is 64.6 Å². The largest absolute Gasteiger partial charge is 0.497 e. The van der Waals surface area contributed by atoms with E-state index >= 15 is 0 Å². The summed E-state index contributed by atoms with van der Waals surface area (Å²) in [5, 5.41) is 2.94. The maximum Gasteiger partial charge on any atom is 0.307 e. The lowest BCUT2D eigenvalue weighted by molar-refractivity contribution is -0.141.